The second-order valence-electron chi connectivity index (χ2n) is 8.09. The van der Waals surface area contributed by atoms with E-state index in [4.69, 9.17) is 21.1 Å². The summed E-state index contributed by atoms with van der Waals surface area (Å²) in [6.07, 6.45) is 1.46. The molecule has 0 bridgehead atoms. The Morgan fingerprint density at radius 1 is 1.08 bits per heavy atom. The predicted molar refractivity (Wildman–Crippen MR) is 151 cm³/mol. The van der Waals surface area contributed by atoms with Crippen LogP contribution in [0, 0.1) is 6.92 Å². The molecule has 10 heteroatoms. The van der Waals surface area contributed by atoms with Crippen LogP contribution in [0.3, 0.4) is 0 Å². The van der Waals surface area contributed by atoms with Gasteiger partial charge in [-0.25, -0.2) is 15.2 Å². The number of esters is 1. The summed E-state index contributed by atoms with van der Waals surface area (Å²) < 4.78 is 10.2. The van der Waals surface area contributed by atoms with E-state index in [-0.39, 0.29) is 19.1 Å². The predicted octanol–water partition coefficient (Wildman–Crippen LogP) is 6.22. The molecule has 4 rings (SSSR count). The molecule has 0 aliphatic heterocycles. The molecular formula is C28H25ClN4O4S. The van der Waals surface area contributed by atoms with Gasteiger partial charge in [0, 0.05) is 22.2 Å². The Kier molecular flexibility index (Phi) is 9.07. The lowest BCUT2D eigenvalue weighted by atomic mass is 10.1. The molecule has 0 aliphatic carbocycles. The molecule has 3 aromatic carbocycles. The molecule has 2 N–H and O–H groups in total. The highest BCUT2D eigenvalue weighted by molar-refractivity contribution is 7.14. The number of carbonyl (C=O) groups excluding carboxylic acids is 2. The van der Waals surface area contributed by atoms with Gasteiger partial charge < -0.3 is 14.8 Å². The minimum atomic E-state index is -0.476. The first-order chi connectivity index (χ1) is 18.4. The van der Waals surface area contributed by atoms with Crippen LogP contribution in [0.15, 0.2) is 77.2 Å². The third-order valence-electron chi connectivity index (χ3n) is 5.24. The average Bonchev–Trinajstić information content (AvgIpc) is 3.38. The van der Waals surface area contributed by atoms with Crippen LogP contribution in [-0.2, 0) is 9.53 Å². The van der Waals surface area contributed by atoms with E-state index in [1.165, 1.54) is 23.1 Å². The summed E-state index contributed by atoms with van der Waals surface area (Å²) in [6, 6.07) is 20.2. The van der Waals surface area contributed by atoms with E-state index in [2.05, 4.69) is 20.8 Å². The van der Waals surface area contributed by atoms with Gasteiger partial charge in [-0.05, 0) is 61.9 Å². The van der Waals surface area contributed by atoms with Crippen molar-refractivity contribution in [1.29, 1.82) is 0 Å². The summed E-state index contributed by atoms with van der Waals surface area (Å²) in [5.74, 6) is -0.483. The van der Waals surface area contributed by atoms with Crippen LogP contribution in [0.25, 0.3) is 11.3 Å². The number of halogens is 1. The summed E-state index contributed by atoms with van der Waals surface area (Å²) in [7, 11) is 0. The van der Waals surface area contributed by atoms with Crippen molar-refractivity contribution in [3.63, 3.8) is 0 Å². The second kappa shape index (κ2) is 12.8. The number of anilines is 2. The zero-order valence-electron chi connectivity index (χ0n) is 20.7. The van der Waals surface area contributed by atoms with Gasteiger partial charge in [-0.1, -0.05) is 41.4 Å². The van der Waals surface area contributed by atoms with Crippen molar-refractivity contribution in [2.45, 2.75) is 13.8 Å². The topological polar surface area (TPSA) is 102 Å². The van der Waals surface area contributed by atoms with E-state index in [1.54, 1.807) is 37.3 Å². The first-order valence-corrected chi connectivity index (χ1v) is 13.0. The zero-order chi connectivity index (χ0) is 26.9. The molecule has 1 amide bonds. The highest BCUT2D eigenvalue weighted by Crippen LogP contribution is 2.28. The lowest BCUT2D eigenvalue weighted by molar-refractivity contribution is -0.145. The third kappa shape index (κ3) is 7.41. The van der Waals surface area contributed by atoms with Crippen LogP contribution in [0.5, 0.6) is 5.75 Å². The number of carbonyl (C=O) groups is 2. The van der Waals surface area contributed by atoms with E-state index in [9.17, 15) is 9.59 Å². The van der Waals surface area contributed by atoms with Crippen LogP contribution < -0.4 is 15.5 Å². The number of hydrogen-bond donors (Lipinski definition) is 2. The lowest BCUT2D eigenvalue weighted by Gasteiger charge is -2.08. The van der Waals surface area contributed by atoms with Gasteiger partial charge in [-0.2, -0.15) is 5.10 Å². The van der Waals surface area contributed by atoms with E-state index in [0.717, 1.165) is 22.1 Å². The maximum atomic E-state index is 12.5. The molecule has 1 heterocycles. The standard InChI is InChI=1S/C28H25ClN4O4S/c1-3-36-26(34)16-37-25-13-6-19(14-23(25)29)15-30-33-27(35)21-9-7-20(8-10-21)24-17-38-28(32-24)31-22-11-4-18(2)5-12-22/h4-15,17H,3,16H2,1-2H3,(H,31,32)(H,33,35)/b30-15-. The van der Waals surface area contributed by atoms with Crippen molar-refractivity contribution in [2.75, 3.05) is 18.5 Å². The van der Waals surface area contributed by atoms with Gasteiger partial charge in [0.2, 0.25) is 0 Å². The van der Waals surface area contributed by atoms with Gasteiger partial charge >= 0.3 is 5.97 Å². The Hall–Kier alpha value is -4.21. The number of rotatable bonds is 10. The van der Waals surface area contributed by atoms with E-state index >= 15 is 0 Å². The summed E-state index contributed by atoms with van der Waals surface area (Å²) in [4.78, 5) is 28.6. The Labute approximate surface area is 229 Å². The normalized spacial score (nSPS) is 10.8. The number of thiazole rings is 1. The van der Waals surface area contributed by atoms with Crippen molar-refractivity contribution in [2.24, 2.45) is 5.10 Å². The third-order valence-corrected chi connectivity index (χ3v) is 6.29. The molecule has 0 aliphatic rings. The van der Waals surface area contributed by atoms with Crippen molar-refractivity contribution >= 4 is 51.8 Å². The Morgan fingerprint density at radius 3 is 2.55 bits per heavy atom. The lowest BCUT2D eigenvalue weighted by Crippen LogP contribution is -2.17. The molecule has 0 saturated carbocycles. The highest BCUT2D eigenvalue weighted by atomic mass is 35.5. The van der Waals surface area contributed by atoms with Crippen molar-refractivity contribution in [1.82, 2.24) is 10.4 Å². The fraction of sp³-hybridized carbons (Fsp3) is 0.143. The molecule has 1 aromatic heterocycles. The van der Waals surface area contributed by atoms with E-state index in [1.807, 2.05) is 48.7 Å². The van der Waals surface area contributed by atoms with Gasteiger partial charge in [0.15, 0.2) is 11.7 Å². The Balaban J connectivity index is 1.30. The molecule has 194 valence electrons. The molecule has 0 spiro atoms. The van der Waals surface area contributed by atoms with Crippen molar-refractivity contribution < 1.29 is 19.1 Å². The maximum Gasteiger partial charge on any atom is 0.344 e. The smallest absolute Gasteiger partial charge is 0.344 e. The van der Waals surface area contributed by atoms with Crippen molar-refractivity contribution in [3.05, 3.63) is 93.8 Å². The van der Waals surface area contributed by atoms with Gasteiger partial charge in [0.25, 0.3) is 5.91 Å². The number of nitrogens with one attached hydrogen (secondary N) is 2. The molecule has 0 fully saturated rings. The monoisotopic (exact) mass is 548 g/mol. The minimum Gasteiger partial charge on any atom is -0.480 e. The number of aryl methyl sites for hydroxylation is 1. The van der Waals surface area contributed by atoms with Crippen LogP contribution in [0.2, 0.25) is 5.02 Å². The number of hydrogen-bond acceptors (Lipinski definition) is 8. The van der Waals surface area contributed by atoms with Gasteiger partial charge in [0.05, 0.1) is 23.5 Å². The van der Waals surface area contributed by atoms with Gasteiger partial charge in [-0.3, -0.25) is 4.79 Å². The number of amides is 1. The SMILES string of the molecule is CCOC(=O)COc1ccc(/C=N\NC(=O)c2ccc(-c3csc(Nc4ccc(C)cc4)n3)cc2)cc1Cl. The Morgan fingerprint density at radius 2 is 1.84 bits per heavy atom. The second-order valence-corrected chi connectivity index (χ2v) is 9.35. The number of nitrogens with zero attached hydrogens (tertiary/aromatic N) is 2. The average molecular weight is 549 g/mol. The molecule has 0 atom stereocenters. The van der Waals surface area contributed by atoms with Crippen LogP contribution in [0.1, 0.15) is 28.4 Å². The Bertz CT molecular complexity index is 1440. The summed E-state index contributed by atoms with van der Waals surface area (Å²) in [5, 5.41) is 10.4. The minimum absolute atomic E-state index is 0.232. The van der Waals surface area contributed by atoms with E-state index < -0.39 is 5.97 Å². The molecule has 38 heavy (non-hydrogen) atoms. The molecule has 0 radical (unpaired) electrons. The first kappa shape index (κ1) is 26.8. The summed E-state index contributed by atoms with van der Waals surface area (Å²) in [6.45, 7) is 3.81. The van der Waals surface area contributed by atoms with Gasteiger partial charge in [-0.15, -0.1) is 11.3 Å². The molecule has 4 aromatic rings. The zero-order valence-corrected chi connectivity index (χ0v) is 22.3. The summed E-state index contributed by atoms with van der Waals surface area (Å²) in [5.41, 5.74) is 7.50. The highest BCUT2D eigenvalue weighted by Gasteiger charge is 2.09. The van der Waals surface area contributed by atoms with Crippen LogP contribution >= 0.6 is 22.9 Å². The van der Waals surface area contributed by atoms with Crippen LogP contribution in [-0.4, -0.2) is 36.3 Å². The largest absolute Gasteiger partial charge is 0.480 e. The quantitative estimate of drug-likeness (QED) is 0.138. The molecule has 0 saturated heterocycles. The number of hydrazone groups is 1. The molecule has 0 unspecified atom stereocenters. The fourth-order valence-electron chi connectivity index (χ4n) is 3.30. The fourth-order valence-corrected chi connectivity index (χ4v) is 4.28. The number of ether oxygens (including phenoxy) is 2. The van der Waals surface area contributed by atoms with Crippen molar-refractivity contribution in [3.8, 4) is 17.0 Å². The molecule has 8 nitrogen and oxygen atoms in total. The number of aromatic nitrogens is 1. The molecular weight excluding hydrogens is 524 g/mol. The van der Waals surface area contributed by atoms with Crippen LogP contribution in [0.4, 0.5) is 10.8 Å². The maximum absolute atomic E-state index is 12.5. The number of benzene rings is 3. The summed E-state index contributed by atoms with van der Waals surface area (Å²) >= 11 is 7.72. The first-order valence-electron chi connectivity index (χ1n) is 11.7. The van der Waals surface area contributed by atoms with E-state index in [0.29, 0.717) is 21.9 Å². The van der Waals surface area contributed by atoms with Gasteiger partial charge in [0.1, 0.15) is 5.75 Å².